The van der Waals surface area contributed by atoms with Gasteiger partial charge in [0.2, 0.25) is 5.91 Å². The number of nitrogens with one attached hydrogen (secondary N) is 1. The standard InChI is InChI=1S/C28H31N7O3S/c1-17(2)21-6-7-24(34-13-18(14-34)16-39(3,37)38)23-12-30-26(10-22(21)23)32-25-8-9-29-27(33-25)20-11-31-35(15-20)28(36)19-4-5-19/h6-12,15,17-19H,4-5,13-14,16H2,1-3H3,(H,29,30,32,33). The van der Waals surface area contributed by atoms with Gasteiger partial charge in [0.25, 0.3) is 0 Å². The number of hydrogen-bond acceptors (Lipinski definition) is 9. The van der Waals surface area contributed by atoms with E-state index in [0.29, 0.717) is 28.9 Å². The summed E-state index contributed by atoms with van der Waals surface area (Å²) in [5.41, 5.74) is 2.96. The smallest absolute Gasteiger partial charge is 0.249 e. The Kier molecular flexibility index (Phi) is 6.33. The van der Waals surface area contributed by atoms with Crippen molar-refractivity contribution in [2.75, 3.05) is 35.3 Å². The highest BCUT2D eigenvalue weighted by Gasteiger charge is 2.32. The Labute approximate surface area is 227 Å². The van der Waals surface area contributed by atoms with E-state index in [-0.39, 0.29) is 23.5 Å². The summed E-state index contributed by atoms with van der Waals surface area (Å²) in [6.45, 7) is 5.77. The number of rotatable bonds is 8. The van der Waals surface area contributed by atoms with Gasteiger partial charge in [-0.15, -0.1) is 0 Å². The lowest BCUT2D eigenvalue weighted by atomic mass is 9.93. The summed E-state index contributed by atoms with van der Waals surface area (Å²) in [6.07, 6.45) is 9.97. The lowest BCUT2D eigenvalue weighted by Gasteiger charge is -2.41. The highest BCUT2D eigenvalue weighted by molar-refractivity contribution is 7.90. The summed E-state index contributed by atoms with van der Waals surface area (Å²) in [5.74, 6) is 2.49. The SMILES string of the molecule is CC(C)c1ccc(N2CC(CS(C)(=O)=O)C2)c2cnc(Nc3ccnc(-c4cnn(C(=O)C5CC5)c4)n3)cc12. The van der Waals surface area contributed by atoms with Crippen molar-refractivity contribution in [1.82, 2.24) is 24.7 Å². The molecule has 1 N–H and O–H groups in total. The molecule has 4 heterocycles. The van der Waals surface area contributed by atoms with Crippen molar-refractivity contribution in [3.05, 3.63) is 54.6 Å². The average molecular weight is 546 g/mol. The maximum absolute atomic E-state index is 12.3. The van der Waals surface area contributed by atoms with E-state index < -0.39 is 9.84 Å². The van der Waals surface area contributed by atoms with Crippen molar-refractivity contribution in [3.8, 4) is 11.4 Å². The third-order valence-electron chi connectivity index (χ3n) is 7.27. The molecular weight excluding hydrogens is 514 g/mol. The summed E-state index contributed by atoms with van der Waals surface area (Å²) < 4.78 is 24.8. The molecule has 11 heteroatoms. The zero-order chi connectivity index (χ0) is 27.3. The van der Waals surface area contributed by atoms with Gasteiger partial charge in [-0.3, -0.25) is 4.79 Å². The van der Waals surface area contributed by atoms with Crippen LogP contribution in [0.5, 0.6) is 0 Å². The van der Waals surface area contributed by atoms with Crippen LogP contribution in [0.2, 0.25) is 0 Å². The Morgan fingerprint density at radius 3 is 2.59 bits per heavy atom. The van der Waals surface area contributed by atoms with E-state index in [9.17, 15) is 13.2 Å². The van der Waals surface area contributed by atoms with E-state index in [4.69, 9.17) is 0 Å². The number of sulfone groups is 1. The predicted molar refractivity (Wildman–Crippen MR) is 151 cm³/mol. The Morgan fingerprint density at radius 1 is 1.08 bits per heavy atom. The molecule has 2 fully saturated rings. The van der Waals surface area contributed by atoms with Crippen molar-refractivity contribution in [3.63, 3.8) is 0 Å². The fraction of sp³-hybridized carbons (Fsp3) is 0.393. The molecule has 1 aromatic carbocycles. The maximum Gasteiger partial charge on any atom is 0.249 e. The minimum Gasteiger partial charge on any atom is -0.370 e. The molecule has 0 radical (unpaired) electrons. The molecule has 1 aliphatic carbocycles. The van der Waals surface area contributed by atoms with Crippen molar-refractivity contribution < 1.29 is 13.2 Å². The van der Waals surface area contributed by atoms with E-state index in [1.165, 1.54) is 16.5 Å². The van der Waals surface area contributed by atoms with E-state index in [0.717, 1.165) is 42.4 Å². The molecular formula is C28H31N7O3S. The number of pyridine rings is 1. The van der Waals surface area contributed by atoms with Crippen molar-refractivity contribution in [1.29, 1.82) is 0 Å². The molecule has 10 nitrogen and oxygen atoms in total. The topological polar surface area (TPSA) is 123 Å². The molecule has 2 aliphatic rings. The Bertz CT molecular complexity index is 1670. The fourth-order valence-corrected chi connectivity index (χ4v) is 6.24. The number of carbonyl (C=O) groups excluding carboxylic acids is 1. The molecule has 0 atom stereocenters. The van der Waals surface area contributed by atoms with Gasteiger partial charge in [0, 0.05) is 60.8 Å². The van der Waals surface area contributed by atoms with Crippen LogP contribution < -0.4 is 10.2 Å². The summed E-state index contributed by atoms with van der Waals surface area (Å²) in [4.78, 5) is 28.2. The van der Waals surface area contributed by atoms with Crippen LogP contribution >= 0.6 is 0 Å². The summed E-state index contributed by atoms with van der Waals surface area (Å²) >= 11 is 0. The van der Waals surface area contributed by atoms with Crippen LogP contribution in [0.1, 0.15) is 43.0 Å². The number of anilines is 3. The van der Waals surface area contributed by atoms with Crippen LogP contribution in [0.25, 0.3) is 22.2 Å². The van der Waals surface area contributed by atoms with Crippen molar-refractivity contribution in [2.24, 2.45) is 11.8 Å². The first-order valence-electron chi connectivity index (χ1n) is 13.2. The number of fused-ring (bicyclic) bond motifs is 1. The van der Waals surface area contributed by atoms with Gasteiger partial charge in [0.15, 0.2) is 5.82 Å². The van der Waals surface area contributed by atoms with Crippen LogP contribution in [0.4, 0.5) is 17.3 Å². The second-order valence-electron chi connectivity index (χ2n) is 11.0. The molecule has 4 aromatic rings. The van der Waals surface area contributed by atoms with Gasteiger partial charge in [-0.1, -0.05) is 19.9 Å². The molecule has 202 valence electrons. The van der Waals surface area contributed by atoms with Gasteiger partial charge in [-0.2, -0.15) is 5.10 Å². The Hall–Kier alpha value is -3.86. The number of hydrogen-bond donors (Lipinski definition) is 1. The first-order valence-corrected chi connectivity index (χ1v) is 15.3. The van der Waals surface area contributed by atoms with Gasteiger partial charge in [0.1, 0.15) is 21.5 Å². The highest BCUT2D eigenvalue weighted by atomic mass is 32.2. The molecule has 1 saturated carbocycles. The van der Waals surface area contributed by atoms with Gasteiger partial charge in [0.05, 0.1) is 17.5 Å². The molecule has 1 aliphatic heterocycles. The fourth-order valence-electron chi connectivity index (χ4n) is 5.17. The average Bonchev–Trinajstić information content (AvgIpc) is 3.60. The second-order valence-corrected chi connectivity index (χ2v) is 13.2. The van der Waals surface area contributed by atoms with Crippen LogP contribution in [0.15, 0.2) is 49.1 Å². The molecule has 39 heavy (non-hydrogen) atoms. The zero-order valence-corrected chi connectivity index (χ0v) is 23.0. The number of nitrogens with zero attached hydrogens (tertiary/aromatic N) is 6. The summed E-state index contributed by atoms with van der Waals surface area (Å²) in [7, 11) is -2.99. The minimum absolute atomic E-state index is 0.0142. The highest BCUT2D eigenvalue weighted by Crippen LogP contribution is 2.37. The molecule has 3 aromatic heterocycles. The monoisotopic (exact) mass is 545 g/mol. The second kappa shape index (κ2) is 9.71. The summed E-state index contributed by atoms with van der Waals surface area (Å²) in [6, 6.07) is 8.08. The molecule has 0 bridgehead atoms. The Morgan fingerprint density at radius 2 is 1.87 bits per heavy atom. The number of benzene rings is 1. The van der Waals surface area contributed by atoms with Crippen LogP contribution in [0.3, 0.4) is 0 Å². The van der Waals surface area contributed by atoms with Crippen LogP contribution in [-0.2, 0) is 9.84 Å². The van der Waals surface area contributed by atoms with Crippen LogP contribution in [0, 0.1) is 11.8 Å². The molecule has 0 unspecified atom stereocenters. The van der Waals surface area contributed by atoms with E-state index in [2.05, 4.69) is 56.2 Å². The number of aromatic nitrogens is 5. The lowest BCUT2D eigenvalue weighted by molar-refractivity contribution is 0.0870. The molecule has 6 rings (SSSR count). The van der Waals surface area contributed by atoms with Crippen molar-refractivity contribution in [2.45, 2.75) is 32.6 Å². The van der Waals surface area contributed by atoms with Gasteiger partial charge >= 0.3 is 0 Å². The van der Waals surface area contributed by atoms with Crippen molar-refractivity contribution >= 4 is 43.8 Å². The van der Waals surface area contributed by atoms with E-state index in [1.807, 2.05) is 12.3 Å². The Balaban J connectivity index is 1.25. The lowest BCUT2D eigenvalue weighted by Crippen LogP contribution is -2.49. The molecule has 1 saturated heterocycles. The van der Waals surface area contributed by atoms with Gasteiger partial charge in [-0.25, -0.2) is 28.1 Å². The first-order chi connectivity index (χ1) is 18.6. The molecule has 0 spiro atoms. The first kappa shape index (κ1) is 25.4. The maximum atomic E-state index is 12.3. The minimum atomic E-state index is -2.99. The van der Waals surface area contributed by atoms with E-state index >= 15 is 0 Å². The third-order valence-corrected chi connectivity index (χ3v) is 8.35. The largest absolute Gasteiger partial charge is 0.370 e. The quantitative estimate of drug-likeness (QED) is 0.345. The van der Waals surface area contributed by atoms with E-state index in [1.54, 1.807) is 24.7 Å². The number of carbonyl (C=O) groups is 1. The van der Waals surface area contributed by atoms with Crippen LogP contribution in [-0.4, -0.2) is 64.2 Å². The third kappa shape index (κ3) is 5.36. The van der Waals surface area contributed by atoms with Gasteiger partial charge < -0.3 is 10.2 Å². The molecule has 0 amide bonds. The summed E-state index contributed by atoms with van der Waals surface area (Å²) in [5, 5.41) is 9.65. The zero-order valence-electron chi connectivity index (χ0n) is 22.2. The van der Waals surface area contributed by atoms with Gasteiger partial charge in [-0.05, 0) is 47.9 Å². The normalized spacial score (nSPS) is 16.1. The predicted octanol–water partition coefficient (Wildman–Crippen LogP) is 4.29.